The number of imide groups is 1. The van der Waals surface area contributed by atoms with E-state index in [9.17, 15) is 9.59 Å². The molecule has 2 heterocycles. The van der Waals surface area contributed by atoms with Crippen molar-refractivity contribution in [1.29, 1.82) is 0 Å². The SMILES string of the molecule is CC(C)n1cc(C2=C(c3cccc4ccccc34)C(=O)NC2=O)c2cc(Br)ccc21. The molecule has 0 bridgehead atoms. The lowest BCUT2D eigenvalue weighted by atomic mass is 9.92. The molecule has 0 aliphatic carbocycles. The maximum Gasteiger partial charge on any atom is 0.259 e. The monoisotopic (exact) mass is 458 g/mol. The Balaban J connectivity index is 1.88. The van der Waals surface area contributed by atoms with Crippen molar-refractivity contribution >= 4 is 60.6 Å². The van der Waals surface area contributed by atoms with Crippen LogP contribution in [0.1, 0.15) is 31.0 Å². The van der Waals surface area contributed by atoms with E-state index in [4.69, 9.17) is 0 Å². The number of carbonyl (C=O) groups is 2. The highest BCUT2D eigenvalue weighted by Gasteiger charge is 2.34. The zero-order valence-corrected chi connectivity index (χ0v) is 18.2. The van der Waals surface area contributed by atoms with E-state index >= 15 is 0 Å². The molecule has 148 valence electrons. The Morgan fingerprint density at radius 1 is 0.833 bits per heavy atom. The summed E-state index contributed by atoms with van der Waals surface area (Å²) in [7, 11) is 0. The number of aromatic nitrogens is 1. The molecule has 1 N–H and O–H groups in total. The van der Waals surface area contributed by atoms with Crippen molar-refractivity contribution in [3.63, 3.8) is 0 Å². The van der Waals surface area contributed by atoms with Crippen molar-refractivity contribution in [1.82, 2.24) is 9.88 Å². The molecule has 1 aromatic heterocycles. The Morgan fingerprint density at radius 3 is 2.30 bits per heavy atom. The lowest BCUT2D eigenvalue weighted by Gasteiger charge is -2.09. The molecular formula is C25H19BrN2O2. The molecule has 0 unspecified atom stereocenters. The van der Waals surface area contributed by atoms with Gasteiger partial charge in [-0.25, -0.2) is 0 Å². The molecule has 0 radical (unpaired) electrons. The van der Waals surface area contributed by atoms with Crippen LogP contribution in [0.5, 0.6) is 0 Å². The van der Waals surface area contributed by atoms with Crippen molar-refractivity contribution in [3.8, 4) is 0 Å². The van der Waals surface area contributed by atoms with Gasteiger partial charge in [0.1, 0.15) is 0 Å². The molecule has 5 rings (SSSR count). The summed E-state index contributed by atoms with van der Waals surface area (Å²) in [5.74, 6) is -0.711. The van der Waals surface area contributed by atoms with Gasteiger partial charge in [0.2, 0.25) is 0 Å². The maximum atomic E-state index is 13.0. The fourth-order valence-electron chi connectivity index (χ4n) is 4.27. The Kier molecular flexibility index (Phi) is 4.36. The Hall–Kier alpha value is -3.18. The number of halogens is 1. The van der Waals surface area contributed by atoms with Gasteiger partial charge < -0.3 is 4.57 Å². The average molecular weight is 459 g/mol. The second-order valence-electron chi connectivity index (χ2n) is 7.77. The van der Waals surface area contributed by atoms with Gasteiger partial charge in [-0.3, -0.25) is 14.9 Å². The molecule has 0 saturated carbocycles. The van der Waals surface area contributed by atoms with Gasteiger partial charge in [-0.1, -0.05) is 58.4 Å². The van der Waals surface area contributed by atoms with Crippen molar-refractivity contribution < 1.29 is 9.59 Å². The predicted molar refractivity (Wildman–Crippen MR) is 124 cm³/mol. The molecule has 2 amide bonds. The number of benzene rings is 3. The predicted octanol–water partition coefficient (Wildman–Crippen LogP) is 5.71. The van der Waals surface area contributed by atoms with Gasteiger partial charge in [0.05, 0.1) is 11.1 Å². The third-order valence-electron chi connectivity index (χ3n) is 5.61. The summed E-state index contributed by atoms with van der Waals surface area (Å²) < 4.78 is 3.07. The van der Waals surface area contributed by atoms with Crippen LogP contribution in [-0.4, -0.2) is 16.4 Å². The number of rotatable bonds is 3. The van der Waals surface area contributed by atoms with E-state index in [-0.39, 0.29) is 17.9 Å². The summed E-state index contributed by atoms with van der Waals surface area (Å²) >= 11 is 3.55. The molecule has 1 aliphatic rings. The first kappa shape index (κ1) is 18.8. The minimum atomic E-state index is -0.356. The fraction of sp³-hybridized carbons (Fsp3) is 0.120. The van der Waals surface area contributed by atoms with Crippen LogP contribution in [0, 0.1) is 0 Å². The van der Waals surface area contributed by atoms with E-state index in [1.165, 1.54) is 0 Å². The van der Waals surface area contributed by atoms with Gasteiger partial charge in [-0.05, 0) is 48.4 Å². The number of fused-ring (bicyclic) bond motifs is 2. The molecule has 0 atom stereocenters. The van der Waals surface area contributed by atoms with Crippen LogP contribution in [0.3, 0.4) is 0 Å². The molecule has 4 aromatic rings. The third kappa shape index (κ3) is 2.81. The van der Waals surface area contributed by atoms with Crippen molar-refractivity contribution in [3.05, 3.63) is 82.5 Å². The second kappa shape index (κ2) is 6.96. The Morgan fingerprint density at radius 2 is 1.53 bits per heavy atom. The van der Waals surface area contributed by atoms with Crippen molar-refractivity contribution in [2.24, 2.45) is 0 Å². The van der Waals surface area contributed by atoms with Crippen molar-refractivity contribution in [2.45, 2.75) is 19.9 Å². The van der Waals surface area contributed by atoms with E-state index in [1.807, 2.05) is 66.9 Å². The second-order valence-corrected chi connectivity index (χ2v) is 8.68. The summed E-state index contributed by atoms with van der Waals surface area (Å²) in [5.41, 5.74) is 3.43. The van der Waals surface area contributed by atoms with Gasteiger partial charge in [0, 0.05) is 33.2 Å². The summed E-state index contributed by atoms with van der Waals surface area (Å²) in [5, 5.41) is 5.44. The highest BCUT2D eigenvalue weighted by Crippen LogP contribution is 2.39. The third-order valence-corrected chi connectivity index (χ3v) is 6.10. The van der Waals surface area contributed by atoms with E-state index in [1.54, 1.807) is 0 Å². The summed E-state index contributed by atoms with van der Waals surface area (Å²) in [6.45, 7) is 4.20. The first-order valence-corrected chi connectivity index (χ1v) is 10.6. The zero-order chi connectivity index (χ0) is 21.0. The number of amides is 2. The Bertz CT molecular complexity index is 1390. The van der Waals surface area contributed by atoms with Crippen LogP contribution in [-0.2, 0) is 9.59 Å². The first-order chi connectivity index (χ1) is 14.5. The van der Waals surface area contributed by atoms with E-state index < -0.39 is 0 Å². The molecule has 5 heteroatoms. The van der Waals surface area contributed by atoms with Crippen LogP contribution >= 0.6 is 15.9 Å². The average Bonchev–Trinajstić information content (AvgIpc) is 3.23. The van der Waals surface area contributed by atoms with E-state index in [0.717, 1.165) is 37.3 Å². The van der Waals surface area contributed by atoms with Crippen LogP contribution in [0.4, 0.5) is 0 Å². The highest BCUT2D eigenvalue weighted by molar-refractivity contribution is 9.10. The fourth-order valence-corrected chi connectivity index (χ4v) is 4.63. The molecule has 0 saturated heterocycles. The van der Waals surface area contributed by atoms with Crippen LogP contribution in [0.15, 0.2) is 71.3 Å². The van der Waals surface area contributed by atoms with Crippen LogP contribution in [0.25, 0.3) is 32.8 Å². The smallest absolute Gasteiger partial charge is 0.259 e. The standard InChI is InChI=1S/C25H19BrN2O2/c1-14(2)28-13-20(19-12-16(26)10-11-21(19)28)23-22(24(29)27-25(23)30)18-9-5-7-15-6-3-4-8-17(15)18/h3-14H,1-2H3,(H,27,29,30). The normalized spacial score (nSPS) is 14.4. The molecular weight excluding hydrogens is 440 g/mol. The number of carbonyl (C=O) groups excluding carboxylic acids is 2. The van der Waals surface area contributed by atoms with Gasteiger partial charge in [0.25, 0.3) is 11.8 Å². The summed E-state index contributed by atoms with van der Waals surface area (Å²) in [6.07, 6.45) is 1.99. The van der Waals surface area contributed by atoms with Crippen LogP contribution in [0.2, 0.25) is 0 Å². The molecule has 3 aromatic carbocycles. The van der Waals surface area contributed by atoms with Gasteiger partial charge in [0.15, 0.2) is 0 Å². The number of nitrogens with one attached hydrogen (secondary N) is 1. The first-order valence-electron chi connectivity index (χ1n) is 9.84. The molecule has 1 aliphatic heterocycles. The minimum absolute atomic E-state index is 0.212. The number of hydrogen-bond donors (Lipinski definition) is 1. The van der Waals surface area contributed by atoms with E-state index in [0.29, 0.717) is 11.1 Å². The maximum absolute atomic E-state index is 13.0. The van der Waals surface area contributed by atoms with Gasteiger partial charge in [-0.15, -0.1) is 0 Å². The highest BCUT2D eigenvalue weighted by atomic mass is 79.9. The zero-order valence-electron chi connectivity index (χ0n) is 16.6. The molecule has 0 fully saturated rings. The van der Waals surface area contributed by atoms with Crippen LogP contribution < -0.4 is 5.32 Å². The van der Waals surface area contributed by atoms with Gasteiger partial charge >= 0.3 is 0 Å². The van der Waals surface area contributed by atoms with Gasteiger partial charge in [-0.2, -0.15) is 0 Å². The molecule has 4 nitrogen and oxygen atoms in total. The summed E-state index contributed by atoms with van der Waals surface area (Å²) in [6, 6.07) is 20.0. The largest absolute Gasteiger partial charge is 0.344 e. The number of nitrogens with zero attached hydrogens (tertiary/aromatic N) is 1. The minimum Gasteiger partial charge on any atom is -0.344 e. The Labute approximate surface area is 182 Å². The molecule has 30 heavy (non-hydrogen) atoms. The topological polar surface area (TPSA) is 51.1 Å². The lowest BCUT2D eigenvalue weighted by molar-refractivity contribution is -0.122. The number of hydrogen-bond acceptors (Lipinski definition) is 2. The lowest BCUT2D eigenvalue weighted by Crippen LogP contribution is -2.22. The van der Waals surface area contributed by atoms with Crippen molar-refractivity contribution in [2.75, 3.05) is 0 Å². The summed E-state index contributed by atoms with van der Waals surface area (Å²) in [4.78, 5) is 26.0. The quantitative estimate of drug-likeness (QED) is 0.400. The van der Waals surface area contributed by atoms with E-state index in [2.05, 4.69) is 39.7 Å². The molecule has 0 spiro atoms.